The summed E-state index contributed by atoms with van der Waals surface area (Å²) in [5, 5.41) is 3.06. The van der Waals surface area contributed by atoms with E-state index in [0.717, 1.165) is 55.8 Å². The fraction of sp³-hybridized carbons (Fsp3) is 0.515. The van der Waals surface area contributed by atoms with Gasteiger partial charge in [0.25, 0.3) is 5.91 Å². The number of benzene rings is 2. The maximum Gasteiger partial charge on any atom is 0.255 e. The number of nitrogens with one attached hydrogen (secondary N) is 1. The fourth-order valence-electron chi connectivity index (χ4n) is 7.62. The van der Waals surface area contributed by atoms with Crippen molar-refractivity contribution in [3.8, 4) is 5.75 Å². The summed E-state index contributed by atoms with van der Waals surface area (Å²) in [6, 6.07) is 10.6. The third-order valence-corrected chi connectivity index (χ3v) is 10.2. The van der Waals surface area contributed by atoms with Crippen LogP contribution in [0.1, 0.15) is 72.0 Å². The number of hydrogen-bond donors (Lipinski definition) is 1. The molecule has 10 nitrogen and oxygen atoms in total. The molecule has 7 rings (SSSR count). The average molecular weight is 621 g/mol. The Morgan fingerprint density at radius 2 is 1.93 bits per heavy atom. The highest BCUT2D eigenvalue weighted by atomic mass is 35.5. The molecular weight excluding hydrogens is 584 g/mol. The quantitative estimate of drug-likeness (QED) is 0.373. The van der Waals surface area contributed by atoms with Crippen LogP contribution in [0.25, 0.3) is 0 Å². The normalized spacial score (nSPS) is 24.5. The van der Waals surface area contributed by atoms with Crippen molar-refractivity contribution in [3.05, 3.63) is 63.7 Å². The molecule has 0 radical (unpaired) electrons. The second-order valence-corrected chi connectivity index (χ2v) is 12.9. The van der Waals surface area contributed by atoms with Gasteiger partial charge in [0, 0.05) is 42.2 Å². The molecular formula is C33H37ClN4O6. The highest BCUT2D eigenvalue weighted by Gasteiger charge is 2.45. The van der Waals surface area contributed by atoms with Crippen molar-refractivity contribution in [1.29, 1.82) is 0 Å². The van der Waals surface area contributed by atoms with E-state index in [1.165, 1.54) is 16.0 Å². The fourth-order valence-corrected chi connectivity index (χ4v) is 7.79. The second-order valence-electron chi connectivity index (χ2n) is 12.5. The molecule has 2 aromatic rings. The average Bonchev–Trinajstić information content (AvgIpc) is 3.72. The van der Waals surface area contributed by atoms with E-state index in [9.17, 15) is 19.2 Å². The van der Waals surface area contributed by atoms with Crippen LogP contribution in [0, 0.1) is 0 Å². The van der Waals surface area contributed by atoms with Gasteiger partial charge in [0.15, 0.2) is 0 Å². The molecule has 44 heavy (non-hydrogen) atoms. The first-order valence-corrected chi connectivity index (χ1v) is 16.1. The summed E-state index contributed by atoms with van der Waals surface area (Å²) in [7, 11) is 0. The Morgan fingerprint density at radius 3 is 2.75 bits per heavy atom. The number of nitrogens with zero attached hydrogens (tertiary/aromatic N) is 3. The maximum absolute atomic E-state index is 13.6. The molecule has 232 valence electrons. The van der Waals surface area contributed by atoms with Crippen molar-refractivity contribution in [2.45, 2.75) is 75.8 Å². The lowest BCUT2D eigenvalue weighted by Crippen LogP contribution is -2.52. The Bertz CT molecular complexity index is 1510. The van der Waals surface area contributed by atoms with Gasteiger partial charge >= 0.3 is 0 Å². The Balaban J connectivity index is 0.915. The minimum Gasteiger partial charge on any atom is -0.493 e. The lowest BCUT2D eigenvalue weighted by atomic mass is 9.83. The first-order valence-electron chi connectivity index (χ1n) is 15.7. The predicted molar refractivity (Wildman–Crippen MR) is 161 cm³/mol. The summed E-state index contributed by atoms with van der Waals surface area (Å²) < 4.78 is 12.5. The Hall–Kier alpha value is -3.47. The van der Waals surface area contributed by atoms with Crippen molar-refractivity contribution in [3.63, 3.8) is 0 Å². The molecule has 0 aromatic heterocycles. The van der Waals surface area contributed by atoms with E-state index >= 15 is 0 Å². The van der Waals surface area contributed by atoms with Crippen molar-refractivity contribution < 1.29 is 28.7 Å². The van der Waals surface area contributed by atoms with E-state index in [1.54, 1.807) is 12.1 Å². The molecule has 5 heterocycles. The van der Waals surface area contributed by atoms with Crippen LogP contribution in [0.2, 0.25) is 5.02 Å². The zero-order chi connectivity index (χ0) is 30.4. The Kier molecular flexibility index (Phi) is 7.84. The number of piperidine rings is 2. The number of hydrogen-bond acceptors (Lipinski definition) is 7. The molecule has 4 amide bonds. The number of imide groups is 1. The number of carbonyl (C=O) groups excluding carboxylic acids is 4. The van der Waals surface area contributed by atoms with Crippen LogP contribution in [0.3, 0.4) is 0 Å². The highest BCUT2D eigenvalue weighted by Crippen LogP contribution is 2.45. The Labute approximate surface area is 261 Å². The molecule has 2 atom stereocenters. The number of rotatable bonds is 7. The van der Waals surface area contributed by atoms with Crippen LogP contribution in [0.4, 0.5) is 0 Å². The van der Waals surface area contributed by atoms with E-state index < -0.39 is 11.9 Å². The van der Waals surface area contributed by atoms with Crippen LogP contribution >= 0.6 is 11.6 Å². The predicted octanol–water partition coefficient (Wildman–Crippen LogP) is 3.38. The molecule has 0 saturated carbocycles. The third-order valence-electron chi connectivity index (χ3n) is 9.98. The van der Waals surface area contributed by atoms with Crippen molar-refractivity contribution >= 4 is 35.2 Å². The maximum atomic E-state index is 13.6. The largest absolute Gasteiger partial charge is 0.493 e. The van der Waals surface area contributed by atoms with Crippen molar-refractivity contribution in [2.24, 2.45) is 0 Å². The standard InChI is InChI=1S/C33H37ClN4O6/c34-22-8-7-21-20-44-33(25(21)18-22)11-15-37(16-12-33)32(42)27-5-2-13-36(27)14-3-17-43-28-6-1-4-23-24(28)19-38(31(23)41)26-9-10-29(39)35-30(26)40/h1,4,6-8,18,26-27H,2-3,5,9-17,19-20H2,(H,35,39,40). The third kappa shape index (κ3) is 5.26. The topological polar surface area (TPSA) is 108 Å². The van der Waals surface area contributed by atoms with Gasteiger partial charge in [-0.05, 0) is 80.5 Å². The molecule has 2 unspecified atom stereocenters. The molecule has 3 fully saturated rings. The minimum absolute atomic E-state index is 0.115. The number of fused-ring (bicyclic) bond motifs is 3. The molecule has 11 heteroatoms. The van der Waals surface area contributed by atoms with E-state index in [4.69, 9.17) is 21.1 Å². The number of amides is 4. The number of ether oxygens (including phenoxy) is 2. The summed E-state index contributed by atoms with van der Waals surface area (Å²) in [5.74, 6) is -0.101. The molecule has 0 aliphatic carbocycles. The zero-order valence-electron chi connectivity index (χ0n) is 24.7. The van der Waals surface area contributed by atoms with E-state index in [0.29, 0.717) is 44.0 Å². The van der Waals surface area contributed by atoms with Crippen LogP contribution in [-0.4, -0.2) is 83.2 Å². The van der Waals surface area contributed by atoms with Gasteiger partial charge in [0.05, 0.1) is 31.4 Å². The van der Waals surface area contributed by atoms with Gasteiger partial charge in [-0.25, -0.2) is 0 Å². The van der Waals surface area contributed by atoms with Gasteiger partial charge in [-0.2, -0.15) is 0 Å². The highest BCUT2D eigenvalue weighted by molar-refractivity contribution is 6.30. The molecule has 2 aromatic carbocycles. The summed E-state index contributed by atoms with van der Waals surface area (Å²) >= 11 is 6.30. The van der Waals surface area contributed by atoms with Gasteiger partial charge in [0.1, 0.15) is 11.8 Å². The lowest BCUT2D eigenvalue weighted by molar-refractivity contribution is -0.143. The number of likely N-dealkylation sites (tertiary alicyclic amines) is 2. The molecule has 3 saturated heterocycles. The smallest absolute Gasteiger partial charge is 0.255 e. The zero-order valence-corrected chi connectivity index (χ0v) is 25.4. The Morgan fingerprint density at radius 1 is 1.09 bits per heavy atom. The molecule has 1 N–H and O–H groups in total. The first kappa shape index (κ1) is 29.3. The van der Waals surface area contributed by atoms with E-state index in [-0.39, 0.29) is 42.3 Å². The molecule has 0 bridgehead atoms. The van der Waals surface area contributed by atoms with Crippen LogP contribution in [0.15, 0.2) is 36.4 Å². The molecule has 5 aliphatic heterocycles. The molecule has 1 spiro atoms. The van der Waals surface area contributed by atoms with Gasteiger partial charge in [-0.15, -0.1) is 0 Å². The van der Waals surface area contributed by atoms with Gasteiger partial charge < -0.3 is 19.3 Å². The lowest BCUT2D eigenvalue weighted by Gasteiger charge is -2.41. The van der Waals surface area contributed by atoms with Crippen molar-refractivity contribution in [2.75, 3.05) is 32.8 Å². The van der Waals surface area contributed by atoms with Crippen LogP contribution < -0.4 is 10.1 Å². The monoisotopic (exact) mass is 620 g/mol. The number of halogens is 1. The van der Waals surface area contributed by atoms with Gasteiger partial charge in [0.2, 0.25) is 17.7 Å². The first-order chi connectivity index (χ1) is 21.3. The van der Waals surface area contributed by atoms with Crippen LogP contribution in [-0.2, 0) is 37.9 Å². The number of carbonyl (C=O) groups is 4. The van der Waals surface area contributed by atoms with Crippen molar-refractivity contribution in [1.82, 2.24) is 20.0 Å². The SMILES string of the molecule is O=C1CCC(N2Cc3c(OCCCN4CCCC4C(=O)N4CCC5(CC4)OCc4ccc(Cl)cc45)cccc3C2=O)C(=O)N1. The van der Waals surface area contributed by atoms with E-state index in [2.05, 4.69) is 10.2 Å². The summed E-state index contributed by atoms with van der Waals surface area (Å²) in [4.78, 5) is 56.5. The van der Waals surface area contributed by atoms with E-state index in [1.807, 2.05) is 29.2 Å². The van der Waals surface area contributed by atoms with Gasteiger partial charge in [-0.1, -0.05) is 23.7 Å². The minimum atomic E-state index is -0.657. The summed E-state index contributed by atoms with van der Waals surface area (Å²) in [6.07, 6.45) is 4.69. The second kappa shape index (κ2) is 11.8. The van der Waals surface area contributed by atoms with Crippen LogP contribution in [0.5, 0.6) is 5.75 Å². The molecule has 5 aliphatic rings. The van der Waals surface area contributed by atoms with Gasteiger partial charge in [-0.3, -0.25) is 29.4 Å². The summed E-state index contributed by atoms with van der Waals surface area (Å²) in [6.45, 7) is 4.31. The summed E-state index contributed by atoms with van der Waals surface area (Å²) in [5.41, 5.74) is 3.34.